The van der Waals surface area contributed by atoms with E-state index in [2.05, 4.69) is 5.32 Å². The number of fused-ring (bicyclic) bond motifs is 2. The van der Waals surface area contributed by atoms with E-state index in [1.807, 2.05) is 0 Å². The van der Waals surface area contributed by atoms with Crippen LogP contribution in [0.2, 0.25) is 5.02 Å². The monoisotopic (exact) mass is 370 g/mol. The Hall–Kier alpha value is -1.11. The average Bonchev–Trinajstić information content (AvgIpc) is 3.10. The fourth-order valence-electron chi connectivity index (χ4n) is 3.94. The molecule has 5 nitrogen and oxygen atoms in total. The minimum absolute atomic E-state index is 0.0998. The summed E-state index contributed by atoms with van der Waals surface area (Å²) in [4.78, 5) is 12.4. The largest absolute Gasteiger partial charge is 0.352 e. The van der Waals surface area contributed by atoms with Crippen LogP contribution in [0.5, 0.6) is 0 Å². The fraction of sp³-hybridized carbons (Fsp3) is 0.588. The molecule has 2 bridgehead atoms. The van der Waals surface area contributed by atoms with E-state index in [0.29, 0.717) is 16.5 Å². The minimum atomic E-state index is -3.50. The molecule has 3 rings (SSSR count). The van der Waals surface area contributed by atoms with E-state index >= 15 is 0 Å². The predicted molar refractivity (Wildman–Crippen MR) is 94.1 cm³/mol. The van der Waals surface area contributed by atoms with Gasteiger partial charge in [0.25, 0.3) is 0 Å². The van der Waals surface area contributed by atoms with Gasteiger partial charge in [-0.3, -0.25) is 4.79 Å². The van der Waals surface area contributed by atoms with Crippen molar-refractivity contribution >= 4 is 27.5 Å². The summed E-state index contributed by atoms with van der Waals surface area (Å²) in [6, 6.07) is 7.29. The molecule has 2 saturated carbocycles. The average molecular weight is 371 g/mol. The first-order valence-corrected chi connectivity index (χ1v) is 10.5. The molecule has 1 amide bonds. The molecule has 0 spiro atoms. The number of carbonyl (C=O) groups excluding carboxylic acids is 1. The smallest absolute Gasteiger partial charge is 0.235 e. The highest BCUT2D eigenvalue weighted by Gasteiger charge is 2.40. The number of nitrogens with zero attached hydrogens (tertiary/aromatic N) is 1. The van der Waals surface area contributed by atoms with E-state index in [1.165, 1.54) is 23.6 Å². The Labute approximate surface area is 148 Å². The van der Waals surface area contributed by atoms with E-state index < -0.39 is 10.0 Å². The lowest BCUT2D eigenvalue weighted by molar-refractivity contribution is -0.122. The Kier molecular flexibility index (Phi) is 5.18. The van der Waals surface area contributed by atoms with Crippen molar-refractivity contribution in [2.75, 3.05) is 12.8 Å². The van der Waals surface area contributed by atoms with Crippen LogP contribution in [0.3, 0.4) is 0 Å². The first kappa shape index (κ1) is 17.7. The molecule has 0 saturated heterocycles. The molecule has 7 heteroatoms. The summed E-state index contributed by atoms with van der Waals surface area (Å²) in [5.74, 6) is 1.06. The number of benzene rings is 1. The van der Waals surface area contributed by atoms with Gasteiger partial charge in [-0.15, -0.1) is 0 Å². The summed E-state index contributed by atoms with van der Waals surface area (Å²) in [7, 11) is -3.50. The van der Waals surface area contributed by atoms with Crippen molar-refractivity contribution in [2.24, 2.45) is 11.8 Å². The van der Waals surface area contributed by atoms with Gasteiger partial charge in [0.2, 0.25) is 15.9 Å². The van der Waals surface area contributed by atoms with Crippen LogP contribution in [0.1, 0.15) is 31.2 Å². The molecule has 0 aromatic heterocycles. The fourth-order valence-corrected chi connectivity index (χ4v) is 4.86. The highest BCUT2D eigenvalue weighted by atomic mass is 35.5. The molecule has 132 valence electrons. The topological polar surface area (TPSA) is 66.5 Å². The quantitative estimate of drug-likeness (QED) is 0.836. The lowest BCUT2D eigenvalue weighted by Gasteiger charge is -2.25. The molecular formula is C17H23ClN2O3S. The summed E-state index contributed by atoms with van der Waals surface area (Å²) in [6.45, 7) is -0.0689. The molecule has 2 aliphatic rings. The molecule has 0 heterocycles. The van der Waals surface area contributed by atoms with E-state index in [0.717, 1.165) is 18.6 Å². The third-order valence-corrected chi connectivity index (χ3v) is 6.74. The zero-order valence-corrected chi connectivity index (χ0v) is 15.3. The third-order valence-electron chi connectivity index (χ3n) is 5.18. The van der Waals surface area contributed by atoms with Gasteiger partial charge in [-0.25, -0.2) is 8.42 Å². The number of halogens is 1. The molecule has 0 aliphatic heterocycles. The van der Waals surface area contributed by atoms with Crippen LogP contribution >= 0.6 is 11.6 Å². The normalized spacial score (nSPS) is 26.0. The number of amides is 1. The Balaban J connectivity index is 1.64. The molecular weight excluding hydrogens is 348 g/mol. The summed E-state index contributed by atoms with van der Waals surface area (Å²) in [5, 5.41) is 3.53. The van der Waals surface area contributed by atoms with E-state index in [4.69, 9.17) is 11.6 Å². The number of nitrogens with one attached hydrogen (secondary N) is 1. The molecule has 2 fully saturated rings. The second kappa shape index (κ2) is 7.02. The zero-order valence-electron chi connectivity index (χ0n) is 13.7. The first-order chi connectivity index (χ1) is 11.3. The van der Waals surface area contributed by atoms with Gasteiger partial charge in [0.05, 0.1) is 12.8 Å². The van der Waals surface area contributed by atoms with Crippen LogP contribution in [0.25, 0.3) is 0 Å². The van der Waals surface area contributed by atoms with Crippen molar-refractivity contribution in [2.45, 2.75) is 38.3 Å². The Morgan fingerprint density at radius 2 is 2.04 bits per heavy atom. The van der Waals surface area contributed by atoms with Gasteiger partial charge in [0.1, 0.15) is 0 Å². The Morgan fingerprint density at radius 3 is 2.62 bits per heavy atom. The van der Waals surface area contributed by atoms with Gasteiger partial charge in [-0.2, -0.15) is 4.31 Å². The van der Waals surface area contributed by atoms with Gasteiger partial charge in [0.15, 0.2) is 0 Å². The lowest BCUT2D eigenvalue weighted by Crippen LogP contribution is -2.45. The molecule has 0 unspecified atom stereocenters. The number of carbonyl (C=O) groups is 1. The zero-order chi connectivity index (χ0) is 17.3. The van der Waals surface area contributed by atoms with E-state index in [9.17, 15) is 13.2 Å². The van der Waals surface area contributed by atoms with E-state index in [1.54, 1.807) is 24.3 Å². The van der Waals surface area contributed by atoms with Crippen LogP contribution in [-0.4, -0.2) is 37.5 Å². The standard InChI is InChI=1S/C17H23ClN2O3S/c1-24(22,23)20(10-14-4-2-3-5-15(14)18)11-17(21)19-16-9-12-6-7-13(16)8-12/h2-5,12-13,16H,6-11H2,1H3,(H,19,21)/t12-,13-,16+/m0/s1. The first-order valence-electron chi connectivity index (χ1n) is 8.31. The predicted octanol–water partition coefficient (Wildman–Crippen LogP) is 2.41. The van der Waals surface area contributed by atoms with Gasteiger partial charge < -0.3 is 5.32 Å². The minimum Gasteiger partial charge on any atom is -0.352 e. The van der Waals surface area contributed by atoms with Gasteiger partial charge in [-0.05, 0) is 42.7 Å². The molecule has 1 N–H and O–H groups in total. The SMILES string of the molecule is CS(=O)(=O)N(CC(=O)N[C@@H]1C[C@H]2CC[C@H]1C2)Cc1ccccc1Cl. The van der Waals surface area contributed by atoms with Gasteiger partial charge in [-0.1, -0.05) is 36.2 Å². The highest BCUT2D eigenvalue weighted by Crippen LogP contribution is 2.44. The van der Waals surface area contributed by atoms with Crippen LogP contribution in [-0.2, 0) is 21.4 Å². The maximum absolute atomic E-state index is 12.4. The lowest BCUT2D eigenvalue weighted by atomic mass is 9.95. The van der Waals surface area contributed by atoms with Crippen molar-refractivity contribution in [3.05, 3.63) is 34.9 Å². The van der Waals surface area contributed by atoms with Crippen molar-refractivity contribution < 1.29 is 13.2 Å². The highest BCUT2D eigenvalue weighted by molar-refractivity contribution is 7.88. The summed E-state index contributed by atoms with van der Waals surface area (Å²) in [5.41, 5.74) is 0.692. The van der Waals surface area contributed by atoms with Gasteiger partial charge in [0, 0.05) is 17.6 Å². The summed E-state index contributed by atoms with van der Waals surface area (Å²) < 4.78 is 25.3. The second-order valence-corrected chi connectivity index (χ2v) is 9.36. The van der Waals surface area contributed by atoms with Gasteiger partial charge >= 0.3 is 0 Å². The number of hydrogen-bond acceptors (Lipinski definition) is 3. The molecule has 24 heavy (non-hydrogen) atoms. The van der Waals surface area contributed by atoms with E-state index in [-0.39, 0.29) is 25.0 Å². The third kappa shape index (κ3) is 4.10. The number of rotatable bonds is 6. The van der Waals surface area contributed by atoms with Crippen LogP contribution < -0.4 is 5.32 Å². The van der Waals surface area contributed by atoms with Crippen molar-refractivity contribution in [1.82, 2.24) is 9.62 Å². The maximum atomic E-state index is 12.4. The summed E-state index contributed by atoms with van der Waals surface area (Å²) >= 11 is 6.11. The second-order valence-electron chi connectivity index (χ2n) is 6.97. The Morgan fingerprint density at radius 1 is 1.29 bits per heavy atom. The molecule has 1 aromatic carbocycles. The van der Waals surface area contributed by atoms with Crippen LogP contribution in [0.15, 0.2) is 24.3 Å². The van der Waals surface area contributed by atoms with Crippen molar-refractivity contribution in [3.8, 4) is 0 Å². The molecule has 0 radical (unpaired) electrons. The summed E-state index contributed by atoms with van der Waals surface area (Å²) in [6.07, 6.45) is 5.78. The van der Waals surface area contributed by atoms with Crippen LogP contribution in [0, 0.1) is 11.8 Å². The van der Waals surface area contributed by atoms with Crippen molar-refractivity contribution in [3.63, 3.8) is 0 Å². The van der Waals surface area contributed by atoms with Crippen LogP contribution in [0.4, 0.5) is 0 Å². The van der Waals surface area contributed by atoms with Crippen molar-refractivity contribution in [1.29, 1.82) is 0 Å². The molecule has 2 aliphatic carbocycles. The molecule has 3 atom stereocenters. The number of hydrogen-bond donors (Lipinski definition) is 1. The Bertz CT molecular complexity index is 722. The number of sulfonamides is 1. The molecule has 1 aromatic rings. The maximum Gasteiger partial charge on any atom is 0.235 e.